The van der Waals surface area contributed by atoms with E-state index < -0.39 is 34.3 Å². The standard InChI is InChI=1S/C10H7ClF4O/c1-5(11)9(16)8-6(10(13,14)15)3-2-4-7(8)12/h2-5H,1H3. The molecule has 0 spiro atoms. The average molecular weight is 255 g/mol. The van der Waals surface area contributed by atoms with Crippen LogP contribution in [0.1, 0.15) is 22.8 Å². The van der Waals surface area contributed by atoms with Gasteiger partial charge in [-0.15, -0.1) is 11.6 Å². The Kier molecular flexibility index (Phi) is 3.57. The van der Waals surface area contributed by atoms with Gasteiger partial charge in [-0.3, -0.25) is 4.79 Å². The molecule has 1 unspecified atom stereocenters. The minimum atomic E-state index is -4.78. The van der Waals surface area contributed by atoms with Crippen LogP contribution in [0.5, 0.6) is 0 Å². The van der Waals surface area contributed by atoms with Crippen molar-refractivity contribution in [2.24, 2.45) is 0 Å². The Morgan fingerprint density at radius 2 is 1.94 bits per heavy atom. The summed E-state index contributed by atoms with van der Waals surface area (Å²) in [5.74, 6) is -2.29. The number of hydrogen-bond acceptors (Lipinski definition) is 1. The number of alkyl halides is 4. The van der Waals surface area contributed by atoms with Gasteiger partial charge in [0.1, 0.15) is 5.82 Å². The zero-order chi connectivity index (χ0) is 12.5. The fourth-order valence-electron chi connectivity index (χ4n) is 1.21. The first-order valence-electron chi connectivity index (χ1n) is 4.29. The normalized spacial score (nSPS) is 13.6. The largest absolute Gasteiger partial charge is 0.417 e. The third kappa shape index (κ3) is 2.52. The van der Waals surface area contributed by atoms with Gasteiger partial charge in [-0.05, 0) is 19.1 Å². The Morgan fingerprint density at radius 1 is 1.38 bits per heavy atom. The van der Waals surface area contributed by atoms with Crippen LogP contribution in [0, 0.1) is 5.82 Å². The number of carbonyl (C=O) groups is 1. The van der Waals surface area contributed by atoms with Gasteiger partial charge in [0.2, 0.25) is 0 Å². The Bertz CT molecular complexity index is 412. The van der Waals surface area contributed by atoms with E-state index in [0.29, 0.717) is 6.07 Å². The van der Waals surface area contributed by atoms with Crippen molar-refractivity contribution >= 4 is 17.4 Å². The molecule has 1 rings (SSSR count). The summed E-state index contributed by atoms with van der Waals surface area (Å²) in [6.45, 7) is 1.19. The highest BCUT2D eigenvalue weighted by atomic mass is 35.5. The van der Waals surface area contributed by atoms with E-state index in [2.05, 4.69) is 0 Å². The lowest BCUT2D eigenvalue weighted by molar-refractivity contribution is -0.138. The molecule has 0 saturated carbocycles. The lowest BCUT2D eigenvalue weighted by Gasteiger charge is -2.13. The fourth-order valence-corrected chi connectivity index (χ4v) is 1.32. The molecule has 88 valence electrons. The summed E-state index contributed by atoms with van der Waals surface area (Å²) in [5, 5.41) is -1.21. The molecule has 0 aromatic heterocycles. The number of rotatable bonds is 2. The topological polar surface area (TPSA) is 17.1 Å². The zero-order valence-corrected chi connectivity index (χ0v) is 8.86. The molecule has 0 aliphatic heterocycles. The van der Waals surface area contributed by atoms with Crippen LogP contribution in [0.4, 0.5) is 17.6 Å². The van der Waals surface area contributed by atoms with Crippen LogP contribution in [-0.2, 0) is 6.18 Å². The van der Waals surface area contributed by atoms with E-state index in [-0.39, 0.29) is 0 Å². The maximum atomic E-state index is 13.2. The molecular weight excluding hydrogens is 248 g/mol. The minimum Gasteiger partial charge on any atom is -0.292 e. The van der Waals surface area contributed by atoms with Gasteiger partial charge in [-0.1, -0.05) is 6.07 Å². The SMILES string of the molecule is CC(Cl)C(=O)c1c(F)cccc1C(F)(F)F. The summed E-state index contributed by atoms with van der Waals surface area (Å²) in [5.41, 5.74) is -2.30. The van der Waals surface area contributed by atoms with E-state index in [9.17, 15) is 22.4 Å². The predicted molar refractivity (Wildman–Crippen MR) is 51.0 cm³/mol. The molecule has 0 bridgehead atoms. The smallest absolute Gasteiger partial charge is 0.292 e. The summed E-state index contributed by atoms with van der Waals surface area (Å²) in [7, 11) is 0. The molecule has 0 aliphatic carbocycles. The second kappa shape index (κ2) is 4.41. The molecule has 0 heterocycles. The summed E-state index contributed by atoms with van der Waals surface area (Å²) in [6, 6.07) is 2.34. The van der Waals surface area contributed by atoms with Gasteiger partial charge in [0, 0.05) is 0 Å². The van der Waals surface area contributed by atoms with Crippen LogP contribution in [0.2, 0.25) is 0 Å². The molecule has 16 heavy (non-hydrogen) atoms. The highest BCUT2D eigenvalue weighted by Crippen LogP contribution is 2.33. The first kappa shape index (κ1) is 13.0. The third-order valence-electron chi connectivity index (χ3n) is 1.93. The molecule has 1 atom stereocenters. The van der Waals surface area contributed by atoms with Crippen molar-refractivity contribution < 1.29 is 22.4 Å². The molecule has 0 aliphatic rings. The van der Waals surface area contributed by atoms with Gasteiger partial charge in [0.15, 0.2) is 5.78 Å². The van der Waals surface area contributed by atoms with Crippen LogP contribution >= 0.6 is 11.6 Å². The summed E-state index contributed by atoms with van der Waals surface area (Å²) >= 11 is 5.37. The fraction of sp³-hybridized carbons (Fsp3) is 0.300. The van der Waals surface area contributed by atoms with Crippen molar-refractivity contribution in [2.75, 3.05) is 0 Å². The first-order valence-corrected chi connectivity index (χ1v) is 4.72. The second-order valence-corrected chi connectivity index (χ2v) is 3.80. The first-order chi connectivity index (χ1) is 7.25. The molecule has 1 aromatic rings. The van der Waals surface area contributed by atoms with Gasteiger partial charge in [-0.2, -0.15) is 13.2 Å². The van der Waals surface area contributed by atoms with E-state index in [1.807, 2.05) is 0 Å². The van der Waals surface area contributed by atoms with E-state index in [1.165, 1.54) is 6.92 Å². The maximum Gasteiger partial charge on any atom is 0.417 e. The Hall–Kier alpha value is -1.10. The number of Topliss-reactive ketones (excluding diaryl/α,β-unsaturated/α-hetero) is 1. The molecule has 1 nitrogen and oxygen atoms in total. The highest BCUT2D eigenvalue weighted by Gasteiger charge is 2.37. The van der Waals surface area contributed by atoms with Gasteiger partial charge in [0.25, 0.3) is 0 Å². The lowest BCUT2D eigenvalue weighted by atomic mass is 10.0. The molecule has 0 radical (unpaired) electrons. The number of carbonyl (C=O) groups excluding carboxylic acids is 1. The van der Waals surface area contributed by atoms with Crippen LogP contribution in [-0.4, -0.2) is 11.2 Å². The summed E-state index contributed by atoms with van der Waals surface area (Å²) in [4.78, 5) is 11.4. The third-order valence-corrected chi connectivity index (χ3v) is 2.12. The monoisotopic (exact) mass is 254 g/mol. The van der Waals surface area contributed by atoms with E-state index in [0.717, 1.165) is 12.1 Å². The molecule has 1 aromatic carbocycles. The van der Waals surface area contributed by atoms with E-state index in [1.54, 1.807) is 0 Å². The zero-order valence-electron chi connectivity index (χ0n) is 8.11. The van der Waals surface area contributed by atoms with Crippen molar-refractivity contribution in [1.29, 1.82) is 0 Å². The number of halogens is 5. The minimum absolute atomic E-state index is 0.648. The van der Waals surface area contributed by atoms with Crippen molar-refractivity contribution in [3.05, 3.63) is 35.1 Å². The van der Waals surface area contributed by atoms with Crippen LogP contribution in [0.15, 0.2) is 18.2 Å². The quantitative estimate of drug-likeness (QED) is 0.447. The molecule has 0 amide bonds. The number of benzene rings is 1. The Morgan fingerprint density at radius 3 is 2.38 bits per heavy atom. The molecule has 6 heteroatoms. The molecule has 0 fully saturated rings. The van der Waals surface area contributed by atoms with Crippen LogP contribution in [0.25, 0.3) is 0 Å². The van der Waals surface area contributed by atoms with Gasteiger partial charge in [0.05, 0.1) is 16.5 Å². The molecule has 0 saturated heterocycles. The maximum absolute atomic E-state index is 13.2. The van der Waals surface area contributed by atoms with E-state index in [4.69, 9.17) is 11.6 Å². The van der Waals surface area contributed by atoms with Crippen molar-refractivity contribution in [3.63, 3.8) is 0 Å². The van der Waals surface area contributed by atoms with Crippen molar-refractivity contribution in [3.8, 4) is 0 Å². The Labute approximate surface area is 94.0 Å². The van der Waals surface area contributed by atoms with Crippen molar-refractivity contribution in [1.82, 2.24) is 0 Å². The second-order valence-electron chi connectivity index (χ2n) is 3.14. The highest BCUT2D eigenvalue weighted by molar-refractivity contribution is 6.33. The van der Waals surface area contributed by atoms with E-state index >= 15 is 0 Å². The number of hydrogen-bond donors (Lipinski definition) is 0. The van der Waals surface area contributed by atoms with Crippen LogP contribution < -0.4 is 0 Å². The summed E-state index contributed by atoms with van der Waals surface area (Å²) in [6.07, 6.45) is -4.78. The van der Waals surface area contributed by atoms with Crippen molar-refractivity contribution in [2.45, 2.75) is 18.5 Å². The predicted octanol–water partition coefficient (Wildman–Crippen LogP) is 3.65. The van der Waals surface area contributed by atoms with Crippen LogP contribution in [0.3, 0.4) is 0 Å². The molecular formula is C10H7ClF4O. The number of ketones is 1. The Balaban J connectivity index is 3.41. The average Bonchev–Trinajstić information content (AvgIpc) is 2.14. The van der Waals surface area contributed by atoms with Gasteiger partial charge < -0.3 is 0 Å². The van der Waals surface area contributed by atoms with Gasteiger partial charge >= 0.3 is 6.18 Å². The lowest BCUT2D eigenvalue weighted by Crippen LogP contribution is -2.19. The summed E-state index contributed by atoms with van der Waals surface area (Å²) < 4.78 is 50.7. The molecule has 0 N–H and O–H groups in total. The van der Waals surface area contributed by atoms with Gasteiger partial charge in [-0.25, -0.2) is 4.39 Å².